The molecule has 0 aliphatic rings. The van der Waals surface area contributed by atoms with Crippen molar-refractivity contribution in [2.45, 2.75) is 39.2 Å². The lowest BCUT2D eigenvalue weighted by Crippen LogP contribution is -2.06. The molecule has 3 heteroatoms. The molecule has 1 aromatic rings. The number of aromatic nitrogens is 1. The van der Waals surface area contributed by atoms with Gasteiger partial charge in [0.1, 0.15) is 0 Å². The van der Waals surface area contributed by atoms with Gasteiger partial charge in [0.15, 0.2) is 0 Å². The molecule has 1 unspecified atom stereocenters. The van der Waals surface area contributed by atoms with Crippen molar-refractivity contribution in [1.29, 1.82) is 0 Å². The van der Waals surface area contributed by atoms with E-state index in [4.69, 9.17) is 0 Å². The average Bonchev–Trinajstić information content (AvgIpc) is 2.25. The minimum Gasteiger partial charge on any atom is -0.388 e. The summed E-state index contributed by atoms with van der Waals surface area (Å²) >= 11 is 3.36. The van der Waals surface area contributed by atoms with Crippen LogP contribution in [0.15, 0.2) is 22.9 Å². The maximum Gasteiger partial charge on any atom is 0.0808 e. The van der Waals surface area contributed by atoms with Crippen LogP contribution in [0.3, 0.4) is 0 Å². The molecule has 0 saturated carbocycles. The van der Waals surface area contributed by atoms with Crippen LogP contribution >= 0.6 is 15.9 Å². The Morgan fingerprint density at radius 2 is 2.00 bits per heavy atom. The molecular formula is C12H18BrNO. The van der Waals surface area contributed by atoms with Crippen LogP contribution in [0.5, 0.6) is 0 Å². The van der Waals surface area contributed by atoms with Gasteiger partial charge in [-0.2, -0.15) is 0 Å². The summed E-state index contributed by atoms with van der Waals surface area (Å²) in [7, 11) is 0. The molecule has 1 heterocycles. The summed E-state index contributed by atoms with van der Waals surface area (Å²) < 4.78 is 0.920. The van der Waals surface area contributed by atoms with Crippen LogP contribution < -0.4 is 0 Å². The van der Waals surface area contributed by atoms with Gasteiger partial charge in [-0.3, -0.25) is 4.98 Å². The smallest absolute Gasteiger partial charge is 0.0808 e. The van der Waals surface area contributed by atoms with Gasteiger partial charge in [-0.25, -0.2) is 0 Å². The Hall–Kier alpha value is -0.410. The van der Waals surface area contributed by atoms with Crippen LogP contribution in [0, 0.1) is 5.92 Å². The monoisotopic (exact) mass is 271 g/mol. The maximum absolute atomic E-state index is 10.0. The van der Waals surface area contributed by atoms with E-state index in [1.54, 1.807) is 12.4 Å². The molecule has 84 valence electrons. The number of hydrogen-bond donors (Lipinski definition) is 1. The number of nitrogens with zero attached hydrogens (tertiary/aromatic N) is 1. The average molecular weight is 272 g/mol. The molecule has 1 rings (SSSR count). The maximum atomic E-state index is 10.0. The summed E-state index contributed by atoms with van der Waals surface area (Å²) in [5, 5.41) is 10.0. The molecule has 15 heavy (non-hydrogen) atoms. The second-order valence-electron chi connectivity index (χ2n) is 3.87. The lowest BCUT2D eigenvalue weighted by molar-refractivity contribution is 0.141. The minimum absolute atomic E-state index is 0.389. The largest absolute Gasteiger partial charge is 0.388 e. The van der Waals surface area contributed by atoms with Crippen LogP contribution in [0.1, 0.15) is 44.8 Å². The highest BCUT2D eigenvalue weighted by Gasteiger charge is 2.13. The summed E-state index contributed by atoms with van der Waals surface area (Å²) in [6.07, 6.45) is 6.14. The molecule has 0 radical (unpaired) electrons. The Bertz CT molecular complexity index is 299. The zero-order valence-corrected chi connectivity index (χ0v) is 10.9. The van der Waals surface area contributed by atoms with E-state index >= 15 is 0 Å². The Labute approximate surface area is 99.9 Å². The number of rotatable bonds is 5. The lowest BCUT2D eigenvalue weighted by atomic mass is 9.93. The molecule has 1 N–H and O–H groups in total. The van der Waals surface area contributed by atoms with Gasteiger partial charge in [-0.15, -0.1) is 0 Å². The van der Waals surface area contributed by atoms with Gasteiger partial charge in [-0.05, 0) is 39.9 Å². The summed E-state index contributed by atoms with van der Waals surface area (Å²) in [5.74, 6) is 0.596. The first kappa shape index (κ1) is 12.7. The first-order valence-corrected chi connectivity index (χ1v) is 6.25. The van der Waals surface area contributed by atoms with E-state index in [0.29, 0.717) is 5.92 Å². The highest BCUT2D eigenvalue weighted by Crippen LogP contribution is 2.25. The van der Waals surface area contributed by atoms with Crippen molar-refractivity contribution in [2.24, 2.45) is 5.92 Å². The Morgan fingerprint density at radius 1 is 1.33 bits per heavy atom. The van der Waals surface area contributed by atoms with Crippen LogP contribution in [-0.4, -0.2) is 10.1 Å². The number of halogens is 1. The zero-order chi connectivity index (χ0) is 11.3. The second kappa shape index (κ2) is 6.23. The van der Waals surface area contributed by atoms with E-state index in [2.05, 4.69) is 34.8 Å². The number of aliphatic hydroxyl groups is 1. The first-order valence-electron chi connectivity index (χ1n) is 5.45. The quantitative estimate of drug-likeness (QED) is 0.886. The van der Waals surface area contributed by atoms with Crippen LogP contribution in [0.25, 0.3) is 0 Å². The predicted octanol–water partition coefficient (Wildman–Crippen LogP) is 3.70. The third kappa shape index (κ3) is 3.92. The van der Waals surface area contributed by atoms with Gasteiger partial charge in [0.2, 0.25) is 0 Å². The molecule has 0 aliphatic carbocycles. The molecule has 0 amide bonds. The molecule has 1 aromatic heterocycles. The molecule has 0 aliphatic heterocycles. The van der Waals surface area contributed by atoms with E-state index in [0.717, 1.165) is 29.3 Å². The molecule has 0 spiro atoms. The van der Waals surface area contributed by atoms with E-state index < -0.39 is 0 Å². The molecule has 1 atom stereocenters. The van der Waals surface area contributed by atoms with E-state index in [9.17, 15) is 5.11 Å². The predicted molar refractivity (Wildman–Crippen MR) is 65.6 cm³/mol. The van der Waals surface area contributed by atoms with Crippen molar-refractivity contribution in [1.82, 2.24) is 4.98 Å². The second-order valence-corrected chi connectivity index (χ2v) is 4.79. The third-order valence-corrected chi connectivity index (χ3v) is 3.26. The first-order chi connectivity index (χ1) is 7.17. The fourth-order valence-electron chi connectivity index (χ4n) is 1.68. The molecule has 0 saturated heterocycles. The number of hydrogen-bond acceptors (Lipinski definition) is 2. The van der Waals surface area contributed by atoms with Crippen molar-refractivity contribution >= 4 is 15.9 Å². The summed E-state index contributed by atoms with van der Waals surface area (Å²) in [6, 6.07) is 1.93. The Kier molecular flexibility index (Phi) is 5.26. The Morgan fingerprint density at radius 3 is 2.53 bits per heavy atom. The van der Waals surface area contributed by atoms with Gasteiger partial charge in [0, 0.05) is 16.9 Å². The Balaban J connectivity index is 2.64. The van der Waals surface area contributed by atoms with Crippen LogP contribution in [0.4, 0.5) is 0 Å². The topological polar surface area (TPSA) is 33.1 Å². The van der Waals surface area contributed by atoms with Crippen molar-refractivity contribution in [3.8, 4) is 0 Å². The highest BCUT2D eigenvalue weighted by atomic mass is 79.9. The van der Waals surface area contributed by atoms with Gasteiger partial charge < -0.3 is 5.11 Å². The fraction of sp³-hybridized carbons (Fsp3) is 0.583. The van der Waals surface area contributed by atoms with Crippen molar-refractivity contribution in [2.75, 3.05) is 0 Å². The molecule has 0 aromatic carbocycles. The molecule has 0 fully saturated rings. The normalized spacial score (nSPS) is 13.1. The van der Waals surface area contributed by atoms with Gasteiger partial charge in [-0.1, -0.05) is 26.7 Å². The number of aliphatic hydroxyl groups excluding tert-OH is 1. The van der Waals surface area contributed by atoms with Crippen LogP contribution in [-0.2, 0) is 0 Å². The van der Waals surface area contributed by atoms with E-state index in [1.807, 2.05) is 6.07 Å². The standard InChI is InChI=1S/C12H18BrNO/c1-3-9(4-2)5-12(15)10-6-11(13)8-14-7-10/h6-9,12,15H,3-5H2,1-2H3. The van der Waals surface area contributed by atoms with Gasteiger partial charge in [0.25, 0.3) is 0 Å². The lowest BCUT2D eigenvalue weighted by Gasteiger charge is -2.17. The van der Waals surface area contributed by atoms with E-state index in [1.165, 1.54) is 0 Å². The minimum atomic E-state index is -0.389. The third-order valence-electron chi connectivity index (χ3n) is 2.82. The van der Waals surface area contributed by atoms with Crippen molar-refractivity contribution in [3.63, 3.8) is 0 Å². The summed E-state index contributed by atoms with van der Waals surface area (Å²) in [6.45, 7) is 4.33. The van der Waals surface area contributed by atoms with Gasteiger partial charge in [0.05, 0.1) is 6.10 Å². The SMILES string of the molecule is CCC(CC)CC(O)c1cncc(Br)c1. The van der Waals surface area contributed by atoms with Crippen molar-refractivity contribution in [3.05, 3.63) is 28.5 Å². The van der Waals surface area contributed by atoms with Crippen LogP contribution in [0.2, 0.25) is 0 Å². The molecular weight excluding hydrogens is 254 g/mol. The van der Waals surface area contributed by atoms with Gasteiger partial charge >= 0.3 is 0 Å². The summed E-state index contributed by atoms with van der Waals surface area (Å²) in [5.41, 5.74) is 0.899. The van der Waals surface area contributed by atoms with E-state index in [-0.39, 0.29) is 6.10 Å². The number of pyridine rings is 1. The molecule has 2 nitrogen and oxygen atoms in total. The zero-order valence-electron chi connectivity index (χ0n) is 9.28. The highest BCUT2D eigenvalue weighted by molar-refractivity contribution is 9.10. The van der Waals surface area contributed by atoms with Crippen molar-refractivity contribution < 1.29 is 5.11 Å². The fourth-order valence-corrected chi connectivity index (χ4v) is 2.07. The summed E-state index contributed by atoms with van der Waals surface area (Å²) in [4.78, 5) is 4.06. The molecule has 0 bridgehead atoms.